The number of hydrogen-bond donors (Lipinski definition) is 1. The van der Waals surface area contributed by atoms with Crippen LogP contribution in [0.15, 0.2) is 66.7 Å². The van der Waals surface area contributed by atoms with Crippen molar-refractivity contribution in [3.05, 3.63) is 83.4 Å². The Morgan fingerprint density at radius 3 is 0.693 bits per heavy atom. The maximum atomic E-state index is 10.9. The molecule has 0 aliphatic rings. The molecule has 654 valence electrons. The van der Waals surface area contributed by atoms with E-state index in [2.05, 4.69) is 20.8 Å². The molecular formula is C90H150O24. The van der Waals surface area contributed by atoms with Crippen LogP contribution in [-0.4, -0.2) is 244 Å². The average Bonchev–Trinajstić information content (AvgIpc) is 0.787. The van der Waals surface area contributed by atoms with E-state index in [0.717, 1.165) is 56.1 Å². The average molecular weight is 1620 g/mol. The van der Waals surface area contributed by atoms with Gasteiger partial charge in [0.1, 0.15) is 79.0 Å². The molecule has 0 spiro atoms. The Kier molecular flexibility index (Phi) is 66.6. The van der Waals surface area contributed by atoms with Gasteiger partial charge < -0.3 is 114 Å². The molecule has 0 aromatic heterocycles. The molecule has 0 atom stereocenters. The van der Waals surface area contributed by atoms with Crippen molar-refractivity contribution in [1.29, 1.82) is 0 Å². The number of hydrogen-bond acceptors (Lipinski definition) is 24. The summed E-state index contributed by atoms with van der Waals surface area (Å²) in [5, 5.41) is 10.9. The van der Waals surface area contributed by atoms with Gasteiger partial charge in [-0.25, -0.2) is 0 Å². The van der Waals surface area contributed by atoms with Gasteiger partial charge in [-0.1, -0.05) is 156 Å². The summed E-state index contributed by atoms with van der Waals surface area (Å²) in [4.78, 5) is 0. The molecule has 24 nitrogen and oxygen atoms in total. The summed E-state index contributed by atoms with van der Waals surface area (Å²) in [5.41, 5.74) is 3.68. The molecular weight excluding hydrogens is 1460 g/mol. The van der Waals surface area contributed by atoms with Gasteiger partial charge in [0.15, 0.2) is 0 Å². The first-order valence-electron chi connectivity index (χ1n) is 43.1. The van der Waals surface area contributed by atoms with Crippen molar-refractivity contribution in [3.8, 4) is 57.1 Å². The zero-order valence-corrected chi connectivity index (χ0v) is 71.1. The normalized spacial score (nSPS) is 11.5. The third-order valence-electron chi connectivity index (χ3n) is 18.1. The van der Waals surface area contributed by atoms with Gasteiger partial charge in [0.25, 0.3) is 0 Å². The minimum Gasteiger partial charge on any atom is -0.493 e. The van der Waals surface area contributed by atoms with E-state index >= 15 is 0 Å². The molecule has 4 aromatic carbocycles. The summed E-state index contributed by atoms with van der Waals surface area (Å²) < 4.78 is 137. The third-order valence-corrected chi connectivity index (χ3v) is 18.1. The first-order chi connectivity index (χ1) is 56.4. The second-order valence-electron chi connectivity index (χ2n) is 27.9. The van der Waals surface area contributed by atoms with Crippen molar-refractivity contribution in [3.63, 3.8) is 0 Å². The predicted molar refractivity (Wildman–Crippen MR) is 446 cm³/mol. The third kappa shape index (κ3) is 55.3. The van der Waals surface area contributed by atoms with E-state index in [1.807, 2.05) is 66.7 Å². The summed E-state index contributed by atoms with van der Waals surface area (Å²) in [6, 6.07) is 21.5. The molecule has 24 heteroatoms. The van der Waals surface area contributed by atoms with Crippen molar-refractivity contribution < 1.29 is 114 Å². The molecule has 0 aliphatic heterocycles. The highest BCUT2D eigenvalue weighted by atomic mass is 16.6. The molecule has 0 fully saturated rings. The number of ether oxygens (including phenoxy) is 23. The molecule has 0 saturated carbocycles. The minimum absolute atomic E-state index is 0.150. The standard InChI is InChI=1S/C90H150O24/c1-7-10-13-16-19-22-25-28-31-107-82-64-79(66-84(72-82)109-61-58-104-55-52-101-49-46-98-43-40-95-37-34-92-4)76-113-86-70-81(90-88(111-33-30-27-24-21-18-15-12-9-3)68-78(75-91)69-89(90)112-63-60-106-57-54-103-51-48-100-45-42-97-39-36-94-6)71-87(74-86)114-77-80-65-83(108-32-29-26-23-20-17-14-11-8-2)73-85(67-80)110-62-59-105-56-53-102-50-47-99-44-41-96-38-35-93-5/h64-74,91H,7-63,75-77H2,1-6H3. The fourth-order valence-electron chi connectivity index (χ4n) is 11.9. The fraction of sp³-hybridized carbons (Fsp3) is 0.733. The highest BCUT2D eigenvalue weighted by Crippen LogP contribution is 2.44. The van der Waals surface area contributed by atoms with Gasteiger partial charge in [0.2, 0.25) is 0 Å². The maximum absolute atomic E-state index is 10.9. The van der Waals surface area contributed by atoms with Gasteiger partial charge in [-0.2, -0.15) is 0 Å². The SMILES string of the molecule is CCCCCCCCCCOc1cc(COc2cc(OCc3cc(OCCCCCCCCCC)cc(OCCOCCOCCOCCOCCOC)c3)cc(-c3c(OCCCCCCCCCC)cc(CO)cc3OCCOCCOCCOCCOCCOC)c2)cc(OCCOCCOCCOCCOCCOC)c1. The van der Waals surface area contributed by atoms with Crippen LogP contribution in [0.25, 0.3) is 11.1 Å². The Labute approximate surface area is 685 Å². The van der Waals surface area contributed by atoms with Gasteiger partial charge in [-0.15, -0.1) is 0 Å². The Balaban J connectivity index is 1.66. The van der Waals surface area contributed by atoms with Crippen LogP contribution in [0.5, 0.6) is 46.0 Å². The van der Waals surface area contributed by atoms with Gasteiger partial charge in [-0.3, -0.25) is 0 Å². The van der Waals surface area contributed by atoms with Gasteiger partial charge in [0, 0.05) is 39.5 Å². The highest BCUT2D eigenvalue weighted by molar-refractivity contribution is 5.79. The smallest absolute Gasteiger partial charge is 0.131 e. The van der Waals surface area contributed by atoms with E-state index in [9.17, 15) is 5.11 Å². The molecule has 0 amide bonds. The number of rotatable bonds is 86. The van der Waals surface area contributed by atoms with Crippen molar-refractivity contribution in [2.24, 2.45) is 0 Å². The predicted octanol–water partition coefficient (Wildman–Crippen LogP) is 16.8. The molecule has 4 aromatic rings. The van der Waals surface area contributed by atoms with E-state index in [0.29, 0.717) is 267 Å². The molecule has 114 heavy (non-hydrogen) atoms. The first-order valence-corrected chi connectivity index (χ1v) is 43.1. The van der Waals surface area contributed by atoms with Crippen molar-refractivity contribution in [1.82, 2.24) is 0 Å². The maximum Gasteiger partial charge on any atom is 0.131 e. The van der Waals surface area contributed by atoms with Crippen molar-refractivity contribution in [2.75, 3.05) is 239 Å². The summed E-state index contributed by atoms with van der Waals surface area (Å²) in [7, 11) is 4.95. The Morgan fingerprint density at radius 2 is 0.421 bits per heavy atom. The lowest BCUT2D eigenvalue weighted by Crippen LogP contribution is -2.14. The molecule has 0 bridgehead atoms. The van der Waals surface area contributed by atoms with E-state index < -0.39 is 0 Å². The molecule has 0 unspecified atom stereocenters. The van der Waals surface area contributed by atoms with Crippen LogP contribution < -0.4 is 37.9 Å². The van der Waals surface area contributed by atoms with Crippen molar-refractivity contribution in [2.45, 2.75) is 195 Å². The number of aliphatic hydroxyl groups excluding tert-OH is 1. The van der Waals surface area contributed by atoms with Gasteiger partial charge >= 0.3 is 0 Å². The number of benzene rings is 4. The molecule has 0 saturated heterocycles. The zero-order valence-electron chi connectivity index (χ0n) is 71.1. The van der Waals surface area contributed by atoms with Crippen LogP contribution in [0.3, 0.4) is 0 Å². The van der Waals surface area contributed by atoms with Crippen molar-refractivity contribution >= 4 is 0 Å². The molecule has 0 aliphatic carbocycles. The van der Waals surface area contributed by atoms with Crippen LogP contribution in [0.1, 0.15) is 192 Å². The van der Waals surface area contributed by atoms with Crippen LogP contribution in [0.4, 0.5) is 0 Å². The lowest BCUT2D eigenvalue weighted by atomic mass is 10.00. The Bertz CT molecular complexity index is 2670. The van der Waals surface area contributed by atoms with Crippen LogP contribution >= 0.6 is 0 Å². The summed E-state index contributed by atoms with van der Waals surface area (Å²) in [6.07, 6.45) is 28.2. The lowest BCUT2D eigenvalue weighted by Gasteiger charge is -2.20. The largest absolute Gasteiger partial charge is 0.493 e. The number of unbranched alkanes of at least 4 members (excludes halogenated alkanes) is 21. The van der Waals surface area contributed by atoms with E-state index in [1.54, 1.807) is 21.3 Å². The topological polar surface area (TPSA) is 233 Å². The van der Waals surface area contributed by atoms with Crippen LogP contribution in [0.2, 0.25) is 0 Å². The monoisotopic (exact) mass is 1620 g/mol. The van der Waals surface area contributed by atoms with E-state index in [-0.39, 0.29) is 33.0 Å². The molecule has 0 radical (unpaired) electrons. The number of aliphatic hydroxyl groups is 1. The van der Waals surface area contributed by atoms with Gasteiger partial charge in [0.05, 0.1) is 210 Å². The lowest BCUT2D eigenvalue weighted by molar-refractivity contribution is -0.00979. The summed E-state index contributed by atoms with van der Waals surface area (Å²) >= 11 is 0. The second-order valence-corrected chi connectivity index (χ2v) is 27.9. The zero-order chi connectivity index (χ0) is 81.0. The van der Waals surface area contributed by atoms with Crippen LogP contribution in [0, 0.1) is 0 Å². The summed E-state index contributed by atoms with van der Waals surface area (Å²) in [6.45, 7) is 21.6. The second kappa shape index (κ2) is 75.1. The molecule has 0 heterocycles. The van der Waals surface area contributed by atoms with Crippen LogP contribution in [-0.2, 0) is 90.9 Å². The number of methoxy groups -OCH3 is 3. The Hall–Kier alpha value is -5.36. The quantitative estimate of drug-likeness (QED) is 0.0405. The summed E-state index contributed by atoms with van der Waals surface area (Å²) in [5.74, 6) is 4.72. The molecule has 1 N–H and O–H groups in total. The van der Waals surface area contributed by atoms with Gasteiger partial charge in [-0.05, 0) is 90.0 Å². The van der Waals surface area contributed by atoms with E-state index in [1.165, 1.54) is 109 Å². The Morgan fingerprint density at radius 1 is 0.202 bits per heavy atom. The first kappa shape index (κ1) is 101. The molecule has 4 rings (SSSR count). The minimum atomic E-state index is -0.236. The van der Waals surface area contributed by atoms with E-state index in [4.69, 9.17) is 109 Å². The fourth-order valence-corrected chi connectivity index (χ4v) is 11.9. The highest BCUT2D eigenvalue weighted by Gasteiger charge is 2.20.